The van der Waals surface area contributed by atoms with E-state index in [4.69, 9.17) is 4.74 Å². The van der Waals surface area contributed by atoms with Gasteiger partial charge in [0.2, 0.25) is 0 Å². The maximum atomic E-state index is 14.3. The molecule has 0 radical (unpaired) electrons. The molecule has 1 aromatic heterocycles. The molecule has 0 saturated carbocycles. The van der Waals surface area contributed by atoms with Crippen LogP contribution in [0.15, 0.2) is 16.6 Å². The van der Waals surface area contributed by atoms with Crippen molar-refractivity contribution < 1.29 is 9.13 Å². The Balaban J connectivity index is 2.19. The van der Waals surface area contributed by atoms with E-state index in [1.165, 1.54) is 0 Å². The Morgan fingerprint density at radius 2 is 2.28 bits per heavy atom. The summed E-state index contributed by atoms with van der Waals surface area (Å²) in [7, 11) is 0. The Morgan fingerprint density at radius 3 is 3.00 bits per heavy atom. The molecule has 2 aromatic rings. The highest BCUT2D eigenvalue weighted by Crippen LogP contribution is 2.32. The molecule has 1 aromatic carbocycles. The lowest BCUT2D eigenvalue weighted by Crippen LogP contribution is -2.19. The van der Waals surface area contributed by atoms with E-state index in [1.807, 2.05) is 6.07 Å². The van der Waals surface area contributed by atoms with Crippen LogP contribution in [0.4, 0.5) is 4.39 Å². The number of hydrogen-bond donors (Lipinski definition) is 0. The van der Waals surface area contributed by atoms with E-state index < -0.39 is 0 Å². The predicted octanol–water partition coefficient (Wildman–Crippen LogP) is 4.24. The summed E-state index contributed by atoms with van der Waals surface area (Å²) in [5.74, 6) is -0.267. The quantitative estimate of drug-likeness (QED) is 0.640. The molecule has 0 aliphatic carbocycles. The van der Waals surface area contributed by atoms with Gasteiger partial charge in [-0.25, -0.2) is 9.07 Å². The summed E-state index contributed by atoms with van der Waals surface area (Å²) in [5.41, 5.74) is 0.528. The maximum absolute atomic E-state index is 14.3. The molecule has 1 aliphatic heterocycles. The van der Waals surface area contributed by atoms with Gasteiger partial charge in [-0.1, -0.05) is 0 Å². The normalized spacial score (nSPS) is 20.5. The zero-order chi connectivity index (χ0) is 12.7. The van der Waals surface area contributed by atoms with E-state index >= 15 is 0 Å². The summed E-state index contributed by atoms with van der Waals surface area (Å²) in [5, 5.41) is 5.27. The third-order valence-corrected chi connectivity index (χ3v) is 4.55. The van der Waals surface area contributed by atoms with E-state index in [0.717, 1.165) is 35.0 Å². The first-order valence-corrected chi connectivity index (χ1v) is 7.69. The first kappa shape index (κ1) is 12.8. The van der Waals surface area contributed by atoms with Gasteiger partial charge in [-0.05, 0) is 69.9 Å². The summed E-state index contributed by atoms with van der Waals surface area (Å²) in [6.45, 7) is 0.720. The first-order valence-electron chi connectivity index (χ1n) is 5.82. The summed E-state index contributed by atoms with van der Waals surface area (Å²) in [6.07, 6.45) is 2.91. The molecule has 0 bridgehead atoms. The fourth-order valence-corrected chi connectivity index (χ4v) is 3.24. The van der Waals surface area contributed by atoms with Crippen molar-refractivity contribution in [3.63, 3.8) is 0 Å². The van der Waals surface area contributed by atoms with Gasteiger partial charge in [-0.3, -0.25) is 0 Å². The van der Waals surface area contributed by atoms with Crippen LogP contribution in [0, 0.1) is 9.52 Å². The summed E-state index contributed by atoms with van der Waals surface area (Å²) >= 11 is 5.36. The van der Waals surface area contributed by atoms with Crippen LogP contribution in [0.2, 0.25) is 0 Å². The van der Waals surface area contributed by atoms with Crippen molar-refractivity contribution in [3.8, 4) is 0 Å². The van der Waals surface area contributed by atoms with Crippen molar-refractivity contribution in [2.45, 2.75) is 25.5 Å². The largest absolute Gasteiger partial charge is 0.356 e. The molecule has 1 unspecified atom stereocenters. The van der Waals surface area contributed by atoms with E-state index in [1.54, 1.807) is 10.7 Å². The molecule has 3 nitrogen and oxygen atoms in total. The summed E-state index contributed by atoms with van der Waals surface area (Å²) in [4.78, 5) is 0. The van der Waals surface area contributed by atoms with Gasteiger partial charge in [0.1, 0.15) is 9.22 Å². The standard InChI is InChI=1S/C12H11BrFIN2O/c13-8-5-4-7-11(10(8)14)17(16-12(7)15)9-3-1-2-6-18-9/h4-5,9H,1-3,6H2. The van der Waals surface area contributed by atoms with Gasteiger partial charge < -0.3 is 4.74 Å². The minimum absolute atomic E-state index is 0.145. The molecular weight excluding hydrogens is 414 g/mol. The van der Waals surface area contributed by atoms with Crippen molar-refractivity contribution in [3.05, 3.63) is 26.1 Å². The van der Waals surface area contributed by atoms with Crippen molar-refractivity contribution >= 4 is 49.4 Å². The van der Waals surface area contributed by atoms with Gasteiger partial charge in [0.15, 0.2) is 12.0 Å². The highest BCUT2D eigenvalue weighted by Gasteiger charge is 2.23. The van der Waals surface area contributed by atoms with Gasteiger partial charge in [-0.2, -0.15) is 5.10 Å². The van der Waals surface area contributed by atoms with Crippen LogP contribution in [-0.2, 0) is 4.74 Å². The lowest BCUT2D eigenvalue weighted by molar-refractivity contribution is -0.0371. The van der Waals surface area contributed by atoms with Gasteiger partial charge in [0.25, 0.3) is 0 Å². The number of halogens is 3. The number of fused-ring (bicyclic) bond motifs is 1. The Bertz CT molecular complexity index is 595. The van der Waals surface area contributed by atoms with Crippen LogP contribution in [-0.4, -0.2) is 16.4 Å². The molecule has 1 saturated heterocycles. The number of benzene rings is 1. The van der Waals surface area contributed by atoms with Crippen LogP contribution in [0.3, 0.4) is 0 Å². The molecule has 0 N–H and O–H groups in total. The van der Waals surface area contributed by atoms with E-state index in [2.05, 4.69) is 43.6 Å². The fourth-order valence-electron chi connectivity index (χ4n) is 2.25. The van der Waals surface area contributed by atoms with Crippen molar-refractivity contribution in [2.75, 3.05) is 6.61 Å². The third kappa shape index (κ3) is 2.08. The predicted molar refractivity (Wildman–Crippen MR) is 78.9 cm³/mol. The first-order chi connectivity index (χ1) is 8.68. The van der Waals surface area contributed by atoms with Crippen LogP contribution in [0.5, 0.6) is 0 Å². The highest BCUT2D eigenvalue weighted by molar-refractivity contribution is 14.1. The topological polar surface area (TPSA) is 27.1 Å². The van der Waals surface area contributed by atoms with E-state index in [0.29, 0.717) is 9.99 Å². The molecule has 6 heteroatoms. The molecule has 1 atom stereocenters. The smallest absolute Gasteiger partial charge is 0.163 e. The second-order valence-electron chi connectivity index (χ2n) is 4.31. The summed E-state index contributed by atoms with van der Waals surface area (Å²) < 4.78 is 22.9. The molecule has 96 valence electrons. The zero-order valence-corrected chi connectivity index (χ0v) is 13.2. The number of nitrogens with zero attached hydrogens (tertiary/aromatic N) is 2. The van der Waals surface area contributed by atoms with Crippen molar-refractivity contribution in [1.82, 2.24) is 9.78 Å². The van der Waals surface area contributed by atoms with Gasteiger partial charge >= 0.3 is 0 Å². The average molecular weight is 425 g/mol. The molecule has 1 aliphatic rings. The Hall–Kier alpha value is -0.210. The molecule has 18 heavy (non-hydrogen) atoms. The molecule has 0 amide bonds. The Morgan fingerprint density at radius 1 is 1.44 bits per heavy atom. The van der Waals surface area contributed by atoms with Gasteiger partial charge in [-0.15, -0.1) is 0 Å². The molecule has 2 heterocycles. The molecular formula is C12H11BrFIN2O. The monoisotopic (exact) mass is 424 g/mol. The van der Waals surface area contributed by atoms with Gasteiger partial charge in [0.05, 0.1) is 4.47 Å². The number of aromatic nitrogens is 2. The maximum Gasteiger partial charge on any atom is 0.163 e. The van der Waals surface area contributed by atoms with Gasteiger partial charge in [0, 0.05) is 12.0 Å². The minimum atomic E-state index is -0.267. The van der Waals surface area contributed by atoms with Crippen molar-refractivity contribution in [1.29, 1.82) is 0 Å². The third-order valence-electron chi connectivity index (χ3n) is 3.14. The van der Waals surface area contributed by atoms with Crippen LogP contribution in [0.25, 0.3) is 10.9 Å². The zero-order valence-electron chi connectivity index (χ0n) is 9.50. The lowest BCUT2D eigenvalue weighted by atomic mass is 10.2. The lowest BCUT2D eigenvalue weighted by Gasteiger charge is -2.23. The number of hydrogen-bond acceptors (Lipinski definition) is 2. The fraction of sp³-hybridized carbons (Fsp3) is 0.417. The average Bonchev–Trinajstić information content (AvgIpc) is 2.73. The highest BCUT2D eigenvalue weighted by atomic mass is 127. The van der Waals surface area contributed by atoms with E-state index in [9.17, 15) is 4.39 Å². The van der Waals surface area contributed by atoms with Crippen molar-refractivity contribution in [2.24, 2.45) is 0 Å². The molecule has 0 spiro atoms. The second-order valence-corrected chi connectivity index (χ2v) is 6.19. The molecule has 1 fully saturated rings. The second kappa shape index (κ2) is 5.05. The van der Waals surface area contributed by atoms with Crippen LogP contribution >= 0.6 is 38.5 Å². The SMILES string of the molecule is Fc1c(Br)ccc2c(I)nn(C3CCCCO3)c12. The van der Waals surface area contributed by atoms with Crippen LogP contribution < -0.4 is 0 Å². The summed E-state index contributed by atoms with van der Waals surface area (Å²) in [6, 6.07) is 3.60. The molecule has 3 rings (SSSR count). The number of rotatable bonds is 1. The minimum Gasteiger partial charge on any atom is -0.356 e. The Labute approximate surface area is 126 Å². The Kier molecular flexibility index (Phi) is 3.59. The number of ether oxygens (including phenoxy) is 1. The van der Waals surface area contributed by atoms with E-state index in [-0.39, 0.29) is 12.0 Å². The van der Waals surface area contributed by atoms with Crippen LogP contribution in [0.1, 0.15) is 25.5 Å².